The molecule has 4 aliphatic rings. The van der Waals surface area contributed by atoms with Gasteiger partial charge in [0.15, 0.2) is 5.78 Å². The Bertz CT molecular complexity index is 1450. The normalized spacial score (nSPS) is 34.2. The molecule has 2 aromatic rings. The van der Waals surface area contributed by atoms with Crippen LogP contribution in [0.2, 0.25) is 0 Å². The van der Waals surface area contributed by atoms with Crippen molar-refractivity contribution in [2.24, 2.45) is 23.0 Å². The maximum absolute atomic E-state index is 12.8. The van der Waals surface area contributed by atoms with Crippen LogP contribution in [-0.4, -0.2) is 34.3 Å². The smallest absolute Gasteiger partial charge is 0.303 e. The number of aromatic nitrogens is 1. The minimum atomic E-state index is -0.781. The van der Waals surface area contributed by atoms with Gasteiger partial charge in [0.25, 0.3) is 0 Å². The number of pyridine rings is 1. The largest absolute Gasteiger partial charge is 0.489 e. The van der Waals surface area contributed by atoms with Crippen molar-refractivity contribution in [3.63, 3.8) is 0 Å². The Morgan fingerprint density at radius 2 is 1.97 bits per heavy atom. The van der Waals surface area contributed by atoms with Gasteiger partial charge in [0, 0.05) is 54.8 Å². The molecule has 2 heterocycles. The molecule has 1 saturated carbocycles. The number of hydrogen-bond acceptors (Lipinski definition) is 6. The lowest BCUT2D eigenvalue weighted by Crippen LogP contribution is -2.42. The highest BCUT2D eigenvalue weighted by Crippen LogP contribution is 2.64. The van der Waals surface area contributed by atoms with Crippen molar-refractivity contribution in [1.82, 2.24) is 4.98 Å². The number of rotatable bonds is 3. The van der Waals surface area contributed by atoms with Gasteiger partial charge < -0.3 is 15.2 Å². The number of ether oxygens (including phenoxy) is 2. The molecule has 37 heavy (non-hydrogen) atoms. The average molecular weight is 499 g/mol. The summed E-state index contributed by atoms with van der Waals surface area (Å²) >= 11 is 0. The summed E-state index contributed by atoms with van der Waals surface area (Å²) in [5.41, 5.74) is 6.91. The average Bonchev–Trinajstić information content (AvgIpc) is 3.08. The van der Waals surface area contributed by atoms with E-state index in [4.69, 9.17) is 15.2 Å². The maximum Gasteiger partial charge on any atom is 0.303 e. The van der Waals surface area contributed by atoms with Crippen LogP contribution < -0.4 is 5.73 Å². The third-order valence-electron chi connectivity index (χ3n) is 8.81. The number of fused-ring (bicyclic) bond motifs is 4. The Morgan fingerprint density at radius 1 is 1.16 bits per heavy atom. The van der Waals surface area contributed by atoms with E-state index in [1.807, 2.05) is 31.3 Å². The first-order valence-corrected chi connectivity index (χ1v) is 12.8. The number of Topliss-reactive ketones (excluding diaryl/α,β-unsaturated/α-hetero) is 1. The van der Waals surface area contributed by atoms with Gasteiger partial charge in [-0.05, 0) is 48.1 Å². The standard InChI is InChI=1S/C30H30N2O5/c1-16(33)37-30(3)14-23-26-18(11-22-24(34)12-20(28(31)35)13-25(22)36-26)6-8-29(23,2)27(30)19-5-4-17-7-9-32-15-21(17)10-19/h4-11,15,20,23,26-27H,12-14H2,1-3H3,(H2,31,35)/t20?,23-,26+,27+,29-,30?/m0/s1. The van der Waals surface area contributed by atoms with Gasteiger partial charge in [-0.15, -0.1) is 0 Å². The summed E-state index contributed by atoms with van der Waals surface area (Å²) in [5.74, 6) is -1.10. The predicted octanol–water partition coefficient (Wildman–Crippen LogP) is 4.28. The molecule has 6 atom stereocenters. The monoisotopic (exact) mass is 498 g/mol. The second-order valence-electron chi connectivity index (χ2n) is 11.3. The van der Waals surface area contributed by atoms with E-state index in [0.717, 1.165) is 21.9 Å². The Hall–Kier alpha value is -3.74. The topological polar surface area (TPSA) is 109 Å². The van der Waals surface area contributed by atoms with Gasteiger partial charge in [0.2, 0.25) is 5.91 Å². The van der Waals surface area contributed by atoms with Gasteiger partial charge >= 0.3 is 5.97 Å². The zero-order chi connectivity index (χ0) is 26.1. The molecular weight excluding hydrogens is 468 g/mol. The minimum Gasteiger partial charge on any atom is -0.489 e. The molecule has 2 unspecified atom stereocenters. The highest BCUT2D eigenvalue weighted by atomic mass is 16.6. The van der Waals surface area contributed by atoms with E-state index < -0.39 is 22.8 Å². The predicted molar refractivity (Wildman–Crippen MR) is 137 cm³/mol. The summed E-state index contributed by atoms with van der Waals surface area (Å²) in [5, 5.41) is 2.12. The quantitative estimate of drug-likeness (QED) is 0.633. The Labute approximate surface area is 215 Å². The molecule has 6 rings (SSSR count). The van der Waals surface area contributed by atoms with Crippen LogP contribution in [0.25, 0.3) is 10.8 Å². The number of esters is 1. The van der Waals surface area contributed by atoms with Crippen LogP contribution in [0.4, 0.5) is 0 Å². The maximum atomic E-state index is 12.8. The first-order valence-electron chi connectivity index (χ1n) is 12.8. The number of benzene rings is 1. The molecule has 1 aliphatic heterocycles. The second kappa shape index (κ2) is 8.13. The highest BCUT2D eigenvalue weighted by Gasteiger charge is 2.63. The van der Waals surface area contributed by atoms with Crippen LogP contribution in [0.15, 0.2) is 71.8 Å². The molecule has 1 fully saturated rings. The summed E-state index contributed by atoms with van der Waals surface area (Å²) in [4.78, 5) is 41.3. The summed E-state index contributed by atoms with van der Waals surface area (Å²) in [6.07, 6.45) is 10.5. The van der Waals surface area contributed by atoms with E-state index >= 15 is 0 Å². The highest BCUT2D eigenvalue weighted by molar-refractivity contribution is 6.02. The summed E-state index contributed by atoms with van der Waals surface area (Å²) < 4.78 is 12.7. The zero-order valence-electron chi connectivity index (χ0n) is 21.2. The molecule has 3 aliphatic carbocycles. The summed E-state index contributed by atoms with van der Waals surface area (Å²) in [6.45, 7) is 5.65. The Balaban J connectivity index is 1.44. The number of allylic oxidation sites excluding steroid dienone is 4. The van der Waals surface area contributed by atoms with Crippen LogP contribution in [-0.2, 0) is 23.9 Å². The molecule has 2 N–H and O–H groups in total. The Morgan fingerprint density at radius 3 is 2.73 bits per heavy atom. The van der Waals surface area contributed by atoms with Crippen molar-refractivity contribution in [3.8, 4) is 0 Å². The van der Waals surface area contributed by atoms with E-state index in [1.165, 1.54) is 6.92 Å². The molecule has 7 heteroatoms. The minimum absolute atomic E-state index is 0.0270. The molecule has 190 valence electrons. The number of primary amides is 1. The van der Waals surface area contributed by atoms with Gasteiger partial charge in [-0.25, -0.2) is 0 Å². The molecule has 0 spiro atoms. The molecule has 1 aromatic heterocycles. The van der Waals surface area contributed by atoms with Gasteiger partial charge in [0.1, 0.15) is 17.5 Å². The third kappa shape index (κ3) is 3.63. The number of amides is 1. The fourth-order valence-electron chi connectivity index (χ4n) is 7.30. The van der Waals surface area contributed by atoms with Crippen LogP contribution in [0.3, 0.4) is 0 Å². The lowest BCUT2D eigenvalue weighted by Gasteiger charge is -2.45. The van der Waals surface area contributed by atoms with Crippen LogP contribution in [0, 0.1) is 17.3 Å². The number of ketones is 1. The fraction of sp³-hybridized carbons (Fsp3) is 0.400. The van der Waals surface area contributed by atoms with Crippen LogP contribution in [0.5, 0.6) is 0 Å². The molecule has 1 aromatic carbocycles. The van der Waals surface area contributed by atoms with E-state index in [0.29, 0.717) is 24.2 Å². The number of hydrogen-bond donors (Lipinski definition) is 1. The van der Waals surface area contributed by atoms with Crippen LogP contribution >= 0.6 is 0 Å². The summed E-state index contributed by atoms with van der Waals surface area (Å²) in [6, 6.07) is 8.32. The van der Waals surface area contributed by atoms with Crippen molar-refractivity contribution >= 4 is 28.4 Å². The Kier molecular flexibility index (Phi) is 5.20. The molecule has 1 amide bonds. The van der Waals surface area contributed by atoms with Gasteiger partial charge in [-0.1, -0.05) is 31.2 Å². The second-order valence-corrected chi connectivity index (χ2v) is 11.3. The van der Waals surface area contributed by atoms with Gasteiger partial charge in [-0.2, -0.15) is 0 Å². The van der Waals surface area contributed by atoms with E-state index in [1.54, 1.807) is 6.20 Å². The molecule has 0 saturated heterocycles. The molecule has 7 nitrogen and oxygen atoms in total. The van der Waals surface area contributed by atoms with Crippen LogP contribution in [0.1, 0.15) is 51.5 Å². The third-order valence-corrected chi connectivity index (χ3v) is 8.81. The number of carbonyl (C=O) groups is 3. The van der Waals surface area contributed by atoms with Gasteiger partial charge in [0.05, 0.1) is 11.5 Å². The van der Waals surface area contributed by atoms with Crippen molar-refractivity contribution in [3.05, 3.63) is 77.4 Å². The summed E-state index contributed by atoms with van der Waals surface area (Å²) in [7, 11) is 0. The van der Waals surface area contributed by atoms with E-state index in [-0.39, 0.29) is 36.1 Å². The number of nitrogens with two attached hydrogens (primary N) is 1. The first kappa shape index (κ1) is 23.6. The van der Waals surface area contributed by atoms with Crippen molar-refractivity contribution in [2.75, 3.05) is 0 Å². The van der Waals surface area contributed by atoms with Crippen molar-refractivity contribution < 1.29 is 23.9 Å². The van der Waals surface area contributed by atoms with E-state index in [9.17, 15) is 14.4 Å². The molecule has 0 radical (unpaired) electrons. The zero-order valence-corrected chi connectivity index (χ0v) is 21.2. The SMILES string of the molecule is CC(=O)OC1(C)C[C@H]2[C@@H]3OC4=C(C=C3C=C[C@]2(C)[C@H]1c1ccc2ccncc2c1)C(=O)CC(C(N)=O)C4. The first-order chi connectivity index (χ1) is 17.6. The number of carbonyl (C=O) groups excluding carboxylic acids is 3. The lowest BCUT2D eigenvalue weighted by atomic mass is 9.63. The van der Waals surface area contributed by atoms with E-state index in [2.05, 4.69) is 36.2 Å². The van der Waals surface area contributed by atoms with Gasteiger partial charge in [-0.3, -0.25) is 19.4 Å². The molecular formula is C30H30N2O5. The fourth-order valence-corrected chi connectivity index (χ4v) is 7.30. The van der Waals surface area contributed by atoms with Crippen molar-refractivity contribution in [1.29, 1.82) is 0 Å². The van der Waals surface area contributed by atoms with Crippen molar-refractivity contribution in [2.45, 2.75) is 57.7 Å². The lowest BCUT2D eigenvalue weighted by molar-refractivity contribution is -0.157. The molecule has 0 bridgehead atoms. The number of nitrogens with zero attached hydrogens (tertiary/aromatic N) is 1.